The number of ketones is 1. The van der Waals surface area contributed by atoms with Gasteiger partial charge in [0, 0.05) is 28.9 Å². The van der Waals surface area contributed by atoms with Gasteiger partial charge in [0.15, 0.2) is 5.78 Å². The molecule has 0 unspecified atom stereocenters. The first kappa shape index (κ1) is 17.7. The Balaban J connectivity index is 1.72. The average Bonchev–Trinajstić information content (AvgIpc) is 2.96. The minimum absolute atomic E-state index is 0.0726. The third kappa shape index (κ3) is 3.74. The number of benzene rings is 2. The smallest absolute Gasteiger partial charge is 0.255 e. The monoisotopic (exact) mass is 354 g/mol. The van der Waals surface area contributed by atoms with Gasteiger partial charge in [-0.1, -0.05) is 0 Å². The van der Waals surface area contributed by atoms with E-state index in [-0.39, 0.29) is 17.0 Å². The predicted octanol–water partition coefficient (Wildman–Crippen LogP) is 4.14. The second-order valence-corrected chi connectivity index (χ2v) is 6.03. The quantitative estimate of drug-likeness (QED) is 0.847. The number of hydrogen-bond acceptors (Lipinski definition) is 4. The molecule has 0 heterocycles. The van der Waals surface area contributed by atoms with Crippen molar-refractivity contribution < 1.29 is 18.7 Å². The second kappa shape index (κ2) is 7.39. The molecule has 0 fully saturated rings. The van der Waals surface area contributed by atoms with Gasteiger partial charge in [-0.25, -0.2) is 4.39 Å². The van der Waals surface area contributed by atoms with Crippen LogP contribution in [0.3, 0.4) is 0 Å². The lowest BCUT2D eigenvalue weighted by atomic mass is 10.1. The van der Waals surface area contributed by atoms with Gasteiger partial charge in [-0.3, -0.25) is 9.59 Å². The molecule has 1 amide bonds. The number of nitrogens with one attached hydrogen (secondary N) is 2. The van der Waals surface area contributed by atoms with Gasteiger partial charge in [0.05, 0.1) is 12.8 Å². The highest BCUT2D eigenvalue weighted by atomic mass is 19.1. The van der Waals surface area contributed by atoms with Gasteiger partial charge in [-0.2, -0.15) is 0 Å². The Morgan fingerprint density at radius 2 is 1.85 bits per heavy atom. The van der Waals surface area contributed by atoms with E-state index in [4.69, 9.17) is 4.74 Å². The van der Waals surface area contributed by atoms with Gasteiger partial charge in [0.1, 0.15) is 11.6 Å². The van der Waals surface area contributed by atoms with Crippen LogP contribution in [0.5, 0.6) is 5.75 Å². The first-order valence-corrected chi connectivity index (χ1v) is 8.23. The van der Waals surface area contributed by atoms with Gasteiger partial charge in [-0.15, -0.1) is 0 Å². The number of allylic oxidation sites excluding steroid dienone is 2. The lowest BCUT2D eigenvalue weighted by Crippen LogP contribution is -2.12. The molecule has 1 aliphatic rings. The van der Waals surface area contributed by atoms with E-state index in [1.807, 2.05) is 0 Å². The Hall–Kier alpha value is -3.15. The summed E-state index contributed by atoms with van der Waals surface area (Å²) in [6.45, 7) is 1.73. The van der Waals surface area contributed by atoms with Crippen LogP contribution in [0.4, 0.5) is 15.8 Å². The average molecular weight is 354 g/mol. The fourth-order valence-electron chi connectivity index (χ4n) is 2.74. The largest absolute Gasteiger partial charge is 0.497 e. The van der Waals surface area contributed by atoms with Gasteiger partial charge in [0.25, 0.3) is 5.91 Å². The van der Waals surface area contributed by atoms with E-state index < -0.39 is 11.7 Å². The number of hydrogen-bond donors (Lipinski definition) is 2. The highest BCUT2D eigenvalue weighted by molar-refractivity contribution is 6.04. The van der Waals surface area contributed by atoms with Crippen LogP contribution in [0.25, 0.3) is 0 Å². The Morgan fingerprint density at radius 3 is 2.42 bits per heavy atom. The number of methoxy groups -OCH3 is 1. The normalized spacial score (nSPS) is 13.7. The fraction of sp³-hybridized carbons (Fsp3) is 0.200. The molecule has 2 aromatic rings. The Kier molecular flexibility index (Phi) is 5.02. The molecule has 6 heteroatoms. The van der Waals surface area contributed by atoms with Crippen LogP contribution in [0.1, 0.15) is 30.1 Å². The summed E-state index contributed by atoms with van der Waals surface area (Å²) in [5.74, 6) is -0.207. The summed E-state index contributed by atoms with van der Waals surface area (Å²) in [4.78, 5) is 23.9. The molecule has 2 aromatic carbocycles. The van der Waals surface area contributed by atoms with E-state index in [0.29, 0.717) is 29.9 Å². The molecule has 0 radical (unpaired) electrons. The van der Waals surface area contributed by atoms with E-state index in [2.05, 4.69) is 10.6 Å². The molecule has 0 spiro atoms. The minimum atomic E-state index is -0.549. The van der Waals surface area contributed by atoms with Crippen LogP contribution in [-0.2, 0) is 4.79 Å². The van der Waals surface area contributed by atoms with E-state index in [9.17, 15) is 14.0 Å². The summed E-state index contributed by atoms with van der Waals surface area (Å²) in [6.07, 6.45) is 1.02. The maximum Gasteiger partial charge on any atom is 0.255 e. The maximum absolute atomic E-state index is 14.4. The number of carbonyl (C=O) groups excluding carboxylic acids is 2. The molecule has 2 N–H and O–H groups in total. The molecule has 0 saturated heterocycles. The number of carbonyl (C=O) groups is 2. The summed E-state index contributed by atoms with van der Waals surface area (Å²) in [7, 11) is 1.56. The Bertz CT molecular complexity index is 888. The van der Waals surface area contributed by atoms with Gasteiger partial charge in [-0.05, 0) is 55.8 Å². The Labute approximate surface area is 150 Å². The topological polar surface area (TPSA) is 67.4 Å². The summed E-state index contributed by atoms with van der Waals surface area (Å²) >= 11 is 0. The van der Waals surface area contributed by atoms with Crippen LogP contribution < -0.4 is 15.4 Å². The van der Waals surface area contributed by atoms with E-state index >= 15 is 0 Å². The van der Waals surface area contributed by atoms with Gasteiger partial charge >= 0.3 is 0 Å². The lowest BCUT2D eigenvalue weighted by Gasteiger charge is -2.11. The number of ether oxygens (including phenoxy) is 1. The molecule has 0 saturated carbocycles. The van der Waals surface area contributed by atoms with Crippen molar-refractivity contribution in [1.29, 1.82) is 0 Å². The number of anilines is 2. The van der Waals surface area contributed by atoms with E-state index in [1.54, 1.807) is 38.3 Å². The van der Waals surface area contributed by atoms with Crippen LogP contribution in [-0.4, -0.2) is 18.8 Å². The van der Waals surface area contributed by atoms with Crippen molar-refractivity contribution >= 4 is 23.1 Å². The maximum atomic E-state index is 14.4. The molecule has 0 atom stereocenters. The zero-order valence-corrected chi connectivity index (χ0v) is 14.6. The fourth-order valence-corrected chi connectivity index (χ4v) is 2.74. The molecular weight excluding hydrogens is 335 g/mol. The summed E-state index contributed by atoms with van der Waals surface area (Å²) in [5.41, 5.74) is 2.39. The summed E-state index contributed by atoms with van der Waals surface area (Å²) in [6, 6.07) is 11.1. The number of Topliss-reactive ketones (excluding diaryl/α,β-unsaturated/α-hetero) is 1. The molecule has 0 bridgehead atoms. The highest BCUT2D eigenvalue weighted by Crippen LogP contribution is 2.26. The van der Waals surface area contributed by atoms with Crippen molar-refractivity contribution in [2.24, 2.45) is 0 Å². The lowest BCUT2D eigenvalue weighted by molar-refractivity contribution is -0.114. The number of halogens is 1. The van der Waals surface area contributed by atoms with Crippen molar-refractivity contribution in [3.05, 3.63) is 65.1 Å². The molecule has 0 aliphatic heterocycles. The highest BCUT2D eigenvalue weighted by Gasteiger charge is 2.20. The van der Waals surface area contributed by atoms with Gasteiger partial charge < -0.3 is 15.4 Å². The van der Waals surface area contributed by atoms with Crippen LogP contribution in [0, 0.1) is 5.82 Å². The standard InChI is InChI=1S/C20H19FN2O3/c1-12-17(9-10-19(12)24)23-18-8-3-13(11-16(18)21)20(25)22-14-4-6-15(26-2)7-5-14/h3-8,11,23H,9-10H2,1-2H3,(H,22,25). The predicted molar refractivity (Wildman–Crippen MR) is 97.9 cm³/mol. The molecule has 1 aliphatic carbocycles. The van der Waals surface area contributed by atoms with E-state index in [1.165, 1.54) is 18.2 Å². The number of amides is 1. The zero-order chi connectivity index (χ0) is 18.7. The molecule has 3 rings (SSSR count). The van der Waals surface area contributed by atoms with Crippen LogP contribution >= 0.6 is 0 Å². The minimum Gasteiger partial charge on any atom is -0.497 e. The van der Waals surface area contributed by atoms with Crippen molar-refractivity contribution in [3.63, 3.8) is 0 Å². The molecule has 26 heavy (non-hydrogen) atoms. The SMILES string of the molecule is COc1ccc(NC(=O)c2ccc(NC3=C(C)C(=O)CC3)c(F)c2)cc1. The summed E-state index contributed by atoms with van der Waals surface area (Å²) in [5, 5.41) is 5.66. The molecule has 5 nitrogen and oxygen atoms in total. The second-order valence-electron chi connectivity index (χ2n) is 6.03. The van der Waals surface area contributed by atoms with Gasteiger partial charge in [0.2, 0.25) is 0 Å². The summed E-state index contributed by atoms with van der Waals surface area (Å²) < 4.78 is 19.4. The molecule has 134 valence electrons. The van der Waals surface area contributed by atoms with Crippen molar-refractivity contribution in [2.45, 2.75) is 19.8 Å². The third-order valence-electron chi connectivity index (χ3n) is 4.34. The van der Waals surface area contributed by atoms with E-state index in [0.717, 1.165) is 5.70 Å². The third-order valence-corrected chi connectivity index (χ3v) is 4.34. The first-order valence-electron chi connectivity index (χ1n) is 8.23. The van der Waals surface area contributed by atoms with Crippen LogP contribution in [0.2, 0.25) is 0 Å². The van der Waals surface area contributed by atoms with Crippen molar-refractivity contribution in [3.8, 4) is 5.75 Å². The van der Waals surface area contributed by atoms with Crippen molar-refractivity contribution in [2.75, 3.05) is 17.7 Å². The molecule has 0 aromatic heterocycles. The number of rotatable bonds is 5. The zero-order valence-electron chi connectivity index (χ0n) is 14.6. The Morgan fingerprint density at radius 1 is 1.12 bits per heavy atom. The first-order chi connectivity index (χ1) is 12.5. The van der Waals surface area contributed by atoms with Crippen LogP contribution in [0.15, 0.2) is 53.7 Å². The van der Waals surface area contributed by atoms with Crippen molar-refractivity contribution in [1.82, 2.24) is 0 Å². The molecular formula is C20H19FN2O3.